The number of hydrogen-bond acceptors (Lipinski definition) is 1. The van der Waals surface area contributed by atoms with Crippen molar-refractivity contribution in [2.45, 2.75) is 33.1 Å². The molecule has 1 heterocycles. The van der Waals surface area contributed by atoms with Crippen LogP contribution in [0.3, 0.4) is 0 Å². The van der Waals surface area contributed by atoms with Crippen molar-refractivity contribution in [3.8, 4) is 22.3 Å². The summed E-state index contributed by atoms with van der Waals surface area (Å²) in [4.78, 5) is 0. The van der Waals surface area contributed by atoms with Crippen LogP contribution in [0.25, 0.3) is 44.2 Å². The van der Waals surface area contributed by atoms with E-state index < -0.39 is 0 Å². The molecule has 4 aromatic carbocycles. The number of rotatable bonds is 2. The van der Waals surface area contributed by atoms with Crippen LogP contribution in [0.1, 0.15) is 37.4 Å². The first-order chi connectivity index (χ1) is 16.1. The van der Waals surface area contributed by atoms with Crippen LogP contribution < -0.4 is 0 Å². The Morgan fingerprint density at radius 3 is 2.27 bits per heavy atom. The summed E-state index contributed by atoms with van der Waals surface area (Å²) in [6.07, 6.45) is 0. The van der Waals surface area contributed by atoms with E-state index in [2.05, 4.69) is 39.0 Å². The van der Waals surface area contributed by atoms with Crippen molar-refractivity contribution in [3.05, 3.63) is 96.0 Å². The molecular formula is C29H26O. The third-order valence-electron chi connectivity index (χ3n) is 5.52. The zero-order chi connectivity index (χ0) is 24.4. The van der Waals surface area contributed by atoms with Gasteiger partial charge in [0.1, 0.15) is 11.2 Å². The molecule has 0 saturated heterocycles. The van der Waals surface area contributed by atoms with Crippen LogP contribution in [0.5, 0.6) is 0 Å². The van der Waals surface area contributed by atoms with E-state index in [1.165, 1.54) is 0 Å². The second kappa shape index (κ2) is 6.88. The van der Waals surface area contributed by atoms with E-state index in [1.54, 1.807) is 6.92 Å². The van der Waals surface area contributed by atoms with Crippen molar-refractivity contribution in [3.63, 3.8) is 0 Å². The van der Waals surface area contributed by atoms with Crippen LogP contribution in [-0.4, -0.2) is 0 Å². The maximum atomic E-state index is 8.75. The van der Waals surface area contributed by atoms with Gasteiger partial charge in [-0.25, -0.2) is 0 Å². The van der Waals surface area contributed by atoms with Crippen molar-refractivity contribution in [2.75, 3.05) is 0 Å². The van der Waals surface area contributed by atoms with Gasteiger partial charge in [0.2, 0.25) is 0 Å². The Morgan fingerprint density at radius 1 is 0.733 bits per heavy atom. The van der Waals surface area contributed by atoms with Crippen LogP contribution in [0.4, 0.5) is 0 Å². The highest BCUT2D eigenvalue weighted by Gasteiger charge is 2.26. The van der Waals surface area contributed by atoms with Gasteiger partial charge in [0.25, 0.3) is 0 Å². The minimum Gasteiger partial charge on any atom is -0.456 e. The molecule has 0 unspecified atom stereocenters. The third kappa shape index (κ3) is 3.02. The van der Waals surface area contributed by atoms with Crippen molar-refractivity contribution in [1.29, 1.82) is 0 Å². The summed E-state index contributed by atoms with van der Waals surface area (Å²) in [5, 5.41) is 1.82. The summed E-state index contributed by atoms with van der Waals surface area (Å²) in [6, 6.07) is 19.8. The molecule has 148 valence electrons. The summed E-state index contributed by atoms with van der Waals surface area (Å²) in [5.41, 5.74) is 6.06. The standard InChI is InChI=1S/C29H26O/c1-19-10-8-13-21(18-19)22-14-9-15-24-26(22)27-25(30-24)17-16-23(28(27)29(2,3)4)20-11-6-5-7-12-20/h5-18H,1-4H3/i8D,10D,13D,18D. The quantitative estimate of drug-likeness (QED) is 0.292. The molecule has 5 aromatic rings. The first-order valence-corrected chi connectivity index (χ1v) is 10.2. The average molecular weight is 395 g/mol. The molecule has 0 atom stereocenters. The second-order valence-corrected chi connectivity index (χ2v) is 8.76. The Labute approximate surface area is 183 Å². The average Bonchev–Trinajstić information content (AvgIpc) is 3.20. The number of benzene rings is 4. The van der Waals surface area contributed by atoms with Crippen LogP contribution in [0.15, 0.2) is 89.3 Å². The summed E-state index contributed by atoms with van der Waals surface area (Å²) in [5.74, 6) is 0. The van der Waals surface area contributed by atoms with Gasteiger partial charge in [-0.15, -0.1) is 0 Å². The molecule has 1 heteroatoms. The number of hydrogen-bond donors (Lipinski definition) is 0. The maximum Gasteiger partial charge on any atom is 0.136 e. The van der Waals surface area contributed by atoms with Crippen LogP contribution in [0, 0.1) is 6.92 Å². The third-order valence-corrected chi connectivity index (χ3v) is 5.52. The largest absolute Gasteiger partial charge is 0.456 e. The molecular weight excluding hydrogens is 364 g/mol. The number of furan rings is 1. The minimum absolute atomic E-state index is 0.0651. The van der Waals surface area contributed by atoms with E-state index in [0.29, 0.717) is 22.3 Å². The van der Waals surface area contributed by atoms with Gasteiger partial charge in [-0.05, 0) is 52.3 Å². The molecule has 1 aromatic heterocycles. The fourth-order valence-electron chi connectivity index (χ4n) is 4.33. The first kappa shape index (κ1) is 14.6. The van der Waals surface area contributed by atoms with Gasteiger partial charge in [-0.3, -0.25) is 0 Å². The smallest absolute Gasteiger partial charge is 0.136 e. The second-order valence-electron chi connectivity index (χ2n) is 8.76. The number of fused-ring (bicyclic) bond motifs is 3. The molecule has 0 bridgehead atoms. The van der Waals surface area contributed by atoms with E-state index >= 15 is 0 Å². The van der Waals surface area contributed by atoms with Gasteiger partial charge < -0.3 is 4.42 Å². The lowest BCUT2D eigenvalue weighted by Crippen LogP contribution is -2.13. The molecule has 0 N–H and O–H groups in total. The Morgan fingerprint density at radius 2 is 1.50 bits per heavy atom. The highest BCUT2D eigenvalue weighted by Crippen LogP contribution is 2.45. The lowest BCUT2D eigenvalue weighted by molar-refractivity contribution is 0.596. The maximum absolute atomic E-state index is 8.75. The van der Waals surface area contributed by atoms with Gasteiger partial charge in [0.05, 0.1) is 5.48 Å². The molecule has 0 amide bonds. The highest BCUT2D eigenvalue weighted by atomic mass is 16.3. The summed E-state index contributed by atoms with van der Waals surface area (Å²) in [6.45, 7) is 8.22. The molecule has 0 aliphatic rings. The highest BCUT2D eigenvalue weighted by molar-refractivity contribution is 6.15. The predicted octanol–water partition coefficient (Wildman–Crippen LogP) is 8.53. The Balaban J connectivity index is 1.99. The summed E-state index contributed by atoms with van der Waals surface area (Å²) >= 11 is 0. The molecule has 0 saturated carbocycles. The van der Waals surface area contributed by atoms with Crippen molar-refractivity contribution >= 4 is 21.9 Å². The van der Waals surface area contributed by atoms with E-state index in [4.69, 9.17) is 9.90 Å². The van der Waals surface area contributed by atoms with Gasteiger partial charge >= 0.3 is 0 Å². The molecule has 0 aliphatic carbocycles. The first-order valence-electron chi connectivity index (χ1n) is 12.2. The summed E-state index contributed by atoms with van der Waals surface area (Å²) < 4.78 is 40.1. The summed E-state index contributed by atoms with van der Waals surface area (Å²) in [7, 11) is 0. The van der Waals surface area contributed by atoms with Crippen molar-refractivity contribution in [2.24, 2.45) is 0 Å². The van der Waals surface area contributed by atoms with Crippen LogP contribution in [0.2, 0.25) is 0 Å². The fraction of sp³-hybridized carbons (Fsp3) is 0.172. The Hall–Kier alpha value is -3.32. The topological polar surface area (TPSA) is 13.1 Å². The fourth-order valence-corrected chi connectivity index (χ4v) is 4.33. The van der Waals surface area contributed by atoms with Crippen molar-refractivity contribution in [1.82, 2.24) is 0 Å². The molecule has 30 heavy (non-hydrogen) atoms. The van der Waals surface area contributed by atoms with E-state index in [0.717, 1.165) is 33.0 Å². The molecule has 0 radical (unpaired) electrons. The molecule has 0 spiro atoms. The predicted molar refractivity (Wildman–Crippen MR) is 128 cm³/mol. The monoisotopic (exact) mass is 394 g/mol. The lowest BCUT2D eigenvalue weighted by atomic mass is 9.78. The molecule has 0 fully saturated rings. The van der Waals surface area contributed by atoms with Gasteiger partial charge in [0, 0.05) is 10.8 Å². The van der Waals surface area contributed by atoms with Gasteiger partial charge in [-0.2, -0.15) is 0 Å². The van der Waals surface area contributed by atoms with Gasteiger partial charge in [0.15, 0.2) is 0 Å². The lowest BCUT2D eigenvalue weighted by Gasteiger charge is -2.24. The van der Waals surface area contributed by atoms with E-state index in [-0.39, 0.29) is 29.6 Å². The van der Waals surface area contributed by atoms with E-state index in [9.17, 15) is 0 Å². The molecule has 5 rings (SSSR count). The van der Waals surface area contributed by atoms with Crippen molar-refractivity contribution < 1.29 is 9.90 Å². The zero-order valence-corrected chi connectivity index (χ0v) is 17.7. The zero-order valence-electron chi connectivity index (χ0n) is 21.7. The normalized spacial score (nSPS) is 13.9. The minimum atomic E-state index is -0.219. The molecule has 0 aliphatic heterocycles. The van der Waals surface area contributed by atoms with E-state index in [1.807, 2.05) is 42.5 Å². The Kier molecular flexibility index (Phi) is 3.36. The SMILES string of the molecule is [2H]c1c([2H])c(C)c([2H])c(-c2cccc3oc4ccc(-c5ccccc5)c(C(C)(C)C)c4c23)c1[2H]. The van der Waals surface area contributed by atoms with Gasteiger partial charge in [-0.1, -0.05) is 99.0 Å². The Bertz CT molecular complexity index is 1540. The van der Waals surface area contributed by atoms with Crippen LogP contribution >= 0.6 is 0 Å². The van der Waals surface area contributed by atoms with Crippen LogP contribution in [-0.2, 0) is 5.41 Å². The molecule has 1 nitrogen and oxygen atoms in total.